The molecule has 2 aliphatic rings. The summed E-state index contributed by atoms with van der Waals surface area (Å²) in [5, 5.41) is 0. The van der Waals surface area contributed by atoms with E-state index in [4.69, 9.17) is 4.74 Å². The summed E-state index contributed by atoms with van der Waals surface area (Å²) in [6.07, 6.45) is 5.44. The third-order valence-electron chi connectivity index (χ3n) is 5.86. The summed E-state index contributed by atoms with van der Waals surface area (Å²) in [6.45, 7) is 0. The van der Waals surface area contributed by atoms with Crippen molar-refractivity contribution in [1.82, 2.24) is 4.90 Å². The van der Waals surface area contributed by atoms with E-state index in [1.54, 1.807) is 20.2 Å². The van der Waals surface area contributed by atoms with Crippen LogP contribution in [0.25, 0.3) is 0 Å². The normalized spacial score (nSPS) is 23.9. The highest BCUT2D eigenvalue weighted by Gasteiger charge is 2.39. The first-order valence-electron chi connectivity index (χ1n) is 9.30. The van der Waals surface area contributed by atoms with E-state index in [-0.39, 0.29) is 11.7 Å². The number of fused-ring (bicyclic) bond motifs is 2. The van der Waals surface area contributed by atoms with Gasteiger partial charge in [-0.25, -0.2) is 4.39 Å². The van der Waals surface area contributed by atoms with E-state index >= 15 is 0 Å². The Kier molecular flexibility index (Phi) is 4.43. The largest absolute Gasteiger partial charge is 0.454 e. The Morgan fingerprint density at radius 3 is 2.42 bits per heavy atom. The molecule has 136 valence electrons. The molecule has 1 amide bonds. The van der Waals surface area contributed by atoms with Crippen molar-refractivity contribution in [2.75, 3.05) is 14.1 Å². The Morgan fingerprint density at radius 1 is 1.08 bits per heavy atom. The molecule has 0 saturated heterocycles. The highest BCUT2D eigenvalue weighted by molar-refractivity contribution is 5.94. The molecule has 4 heteroatoms. The first kappa shape index (κ1) is 17.1. The maximum Gasteiger partial charge on any atom is 0.253 e. The Bertz CT molecular complexity index is 815. The summed E-state index contributed by atoms with van der Waals surface area (Å²) >= 11 is 0. The SMILES string of the molecule is CN(C)C(=O)c1ccc(Oc2ccc(C3C[C@@H]4CC[C@H]3C4)cc2)c(F)c1. The number of hydrogen-bond acceptors (Lipinski definition) is 2. The summed E-state index contributed by atoms with van der Waals surface area (Å²) in [5.74, 6) is 2.41. The fraction of sp³-hybridized carbons (Fsp3) is 0.409. The van der Waals surface area contributed by atoms with Crippen molar-refractivity contribution in [2.45, 2.75) is 31.6 Å². The van der Waals surface area contributed by atoms with E-state index in [9.17, 15) is 9.18 Å². The maximum absolute atomic E-state index is 14.3. The predicted octanol–water partition coefficient (Wildman–Crippen LogP) is 5.22. The minimum atomic E-state index is -0.533. The molecule has 0 radical (unpaired) electrons. The van der Waals surface area contributed by atoms with Gasteiger partial charge < -0.3 is 9.64 Å². The third-order valence-corrected chi connectivity index (χ3v) is 5.86. The Labute approximate surface area is 153 Å². The van der Waals surface area contributed by atoms with Crippen LogP contribution in [0.3, 0.4) is 0 Å². The fourth-order valence-corrected chi connectivity index (χ4v) is 4.54. The molecule has 2 aromatic rings. The lowest BCUT2D eigenvalue weighted by atomic mass is 9.83. The molecule has 2 bridgehead atoms. The van der Waals surface area contributed by atoms with Crippen LogP contribution in [0, 0.1) is 17.7 Å². The number of hydrogen-bond donors (Lipinski definition) is 0. The third kappa shape index (κ3) is 3.20. The van der Waals surface area contributed by atoms with Crippen molar-refractivity contribution < 1.29 is 13.9 Å². The zero-order valence-corrected chi connectivity index (χ0v) is 15.2. The van der Waals surface area contributed by atoms with Gasteiger partial charge in [0.1, 0.15) is 5.75 Å². The summed E-state index contributed by atoms with van der Waals surface area (Å²) < 4.78 is 20.0. The van der Waals surface area contributed by atoms with Crippen LogP contribution in [-0.4, -0.2) is 24.9 Å². The molecule has 0 aliphatic heterocycles. The summed E-state index contributed by atoms with van der Waals surface area (Å²) in [4.78, 5) is 13.3. The van der Waals surface area contributed by atoms with Gasteiger partial charge in [-0.2, -0.15) is 0 Å². The van der Waals surface area contributed by atoms with Gasteiger partial charge in [0.25, 0.3) is 5.91 Å². The van der Waals surface area contributed by atoms with Crippen LogP contribution >= 0.6 is 0 Å². The van der Waals surface area contributed by atoms with Crippen LogP contribution in [0.4, 0.5) is 4.39 Å². The fourth-order valence-electron chi connectivity index (χ4n) is 4.54. The molecule has 3 atom stereocenters. The van der Waals surface area contributed by atoms with Crippen molar-refractivity contribution >= 4 is 5.91 Å². The Morgan fingerprint density at radius 2 is 1.85 bits per heavy atom. The van der Waals surface area contributed by atoms with E-state index in [1.165, 1.54) is 48.3 Å². The second kappa shape index (κ2) is 6.75. The number of carbonyl (C=O) groups excluding carboxylic acids is 1. The number of nitrogens with zero attached hydrogens (tertiary/aromatic N) is 1. The van der Waals surface area contributed by atoms with Gasteiger partial charge in [-0.05, 0) is 72.9 Å². The first-order valence-corrected chi connectivity index (χ1v) is 9.30. The van der Waals surface area contributed by atoms with Gasteiger partial charge in [-0.15, -0.1) is 0 Å². The molecule has 2 aliphatic carbocycles. The molecule has 2 aromatic carbocycles. The van der Waals surface area contributed by atoms with E-state index < -0.39 is 5.82 Å². The smallest absolute Gasteiger partial charge is 0.253 e. The van der Waals surface area contributed by atoms with Crippen molar-refractivity contribution in [3.8, 4) is 11.5 Å². The van der Waals surface area contributed by atoms with Gasteiger partial charge in [0.15, 0.2) is 11.6 Å². The number of benzene rings is 2. The van der Waals surface area contributed by atoms with Gasteiger partial charge in [-0.3, -0.25) is 4.79 Å². The van der Waals surface area contributed by atoms with Crippen molar-refractivity contribution in [3.05, 3.63) is 59.4 Å². The first-order chi connectivity index (χ1) is 12.5. The highest BCUT2D eigenvalue weighted by atomic mass is 19.1. The van der Waals surface area contributed by atoms with Crippen LogP contribution in [0.15, 0.2) is 42.5 Å². The number of halogens is 1. The standard InChI is InChI=1S/C22H24FNO2/c1-24(2)22(25)17-7-10-21(20(23)13-17)26-18-8-5-15(6-9-18)19-12-14-3-4-16(19)11-14/h5-10,13-14,16,19H,3-4,11-12H2,1-2H3/t14-,16+,19?/m1/s1. The van der Waals surface area contributed by atoms with E-state index in [0.29, 0.717) is 17.2 Å². The maximum atomic E-state index is 14.3. The zero-order chi connectivity index (χ0) is 18.3. The van der Waals surface area contributed by atoms with Crippen LogP contribution in [0.5, 0.6) is 11.5 Å². The molecular weight excluding hydrogens is 329 g/mol. The topological polar surface area (TPSA) is 29.5 Å². The van der Waals surface area contributed by atoms with Gasteiger partial charge in [0.05, 0.1) is 0 Å². The van der Waals surface area contributed by atoms with Crippen molar-refractivity contribution in [3.63, 3.8) is 0 Å². The van der Waals surface area contributed by atoms with Crippen LogP contribution in [-0.2, 0) is 0 Å². The number of ether oxygens (including phenoxy) is 1. The average molecular weight is 353 g/mol. The second-order valence-electron chi connectivity index (χ2n) is 7.80. The number of rotatable bonds is 4. The summed E-state index contributed by atoms with van der Waals surface area (Å²) in [7, 11) is 3.28. The van der Waals surface area contributed by atoms with E-state index in [0.717, 1.165) is 11.8 Å². The monoisotopic (exact) mass is 353 g/mol. The summed E-state index contributed by atoms with van der Waals surface area (Å²) in [6, 6.07) is 12.4. The van der Waals surface area contributed by atoms with Gasteiger partial charge in [-0.1, -0.05) is 18.6 Å². The van der Waals surface area contributed by atoms with Crippen LogP contribution in [0.1, 0.15) is 47.5 Å². The minimum absolute atomic E-state index is 0.132. The zero-order valence-electron chi connectivity index (χ0n) is 15.2. The Balaban J connectivity index is 1.46. The molecule has 4 rings (SSSR count). The highest BCUT2D eigenvalue weighted by Crippen LogP contribution is 2.52. The average Bonchev–Trinajstić information content (AvgIpc) is 3.27. The molecular formula is C22H24FNO2. The molecule has 0 N–H and O–H groups in total. The van der Waals surface area contributed by atoms with E-state index in [1.807, 2.05) is 12.1 Å². The lowest BCUT2D eigenvalue weighted by Gasteiger charge is -2.22. The van der Waals surface area contributed by atoms with E-state index in [2.05, 4.69) is 12.1 Å². The molecule has 0 spiro atoms. The quantitative estimate of drug-likeness (QED) is 0.754. The van der Waals surface area contributed by atoms with Crippen molar-refractivity contribution in [1.29, 1.82) is 0 Å². The van der Waals surface area contributed by atoms with Gasteiger partial charge in [0, 0.05) is 19.7 Å². The molecule has 1 unspecified atom stereocenters. The van der Waals surface area contributed by atoms with Gasteiger partial charge >= 0.3 is 0 Å². The van der Waals surface area contributed by atoms with Crippen molar-refractivity contribution in [2.24, 2.45) is 11.8 Å². The summed E-state index contributed by atoms with van der Waals surface area (Å²) in [5.41, 5.74) is 1.68. The van der Waals surface area contributed by atoms with Crippen LogP contribution < -0.4 is 4.74 Å². The number of amides is 1. The molecule has 0 heterocycles. The molecule has 26 heavy (non-hydrogen) atoms. The van der Waals surface area contributed by atoms with Crippen LogP contribution in [0.2, 0.25) is 0 Å². The minimum Gasteiger partial charge on any atom is -0.454 e. The number of carbonyl (C=O) groups is 1. The molecule has 3 nitrogen and oxygen atoms in total. The Hall–Kier alpha value is -2.36. The molecule has 2 fully saturated rings. The second-order valence-corrected chi connectivity index (χ2v) is 7.80. The lowest BCUT2D eigenvalue weighted by Crippen LogP contribution is -2.21. The molecule has 0 aromatic heterocycles. The predicted molar refractivity (Wildman–Crippen MR) is 99.1 cm³/mol. The lowest BCUT2D eigenvalue weighted by molar-refractivity contribution is 0.0827. The molecule has 2 saturated carbocycles. The van der Waals surface area contributed by atoms with Gasteiger partial charge in [0.2, 0.25) is 0 Å².